The number of carbonyl (C=O) groups is 1. The van der Waals surface area contributed by atoms with Crippen molar-refractivity contribution < 1.29 is 14.6 Å². The maximum absolute atomic E-state index is 11.9. The fourth-order valence-corrected chi connectivity index (χ4v) is 5.32. The number of aromatic carboxylic acids is 1. The molecule has 37 heavy (non-hydrogen) atoms. The van der Waals surface area contributed by atoms with E-state index in [-0.39, 0.29) is 17.4 Å². The van der Waals surface area contributed by atoms with Gasteiger partial charge in [0.1, 0.15) is 22.7 Å². The van der Waals surface area contributed by atoms with Crippen LogP contribution in [0.2, 0.25) is 5.02 Å². The quantitative estimate of drug-likeness (QED) is 0.245. The lowest BCUT2D eigenvalue weighted by molar-refractivity contribution is 0.0694. The molecule has 1 aliphatic rings. The van der Waals surface area contributed by atoms with Crippen molar-refractivity contribution in [2.24, 2.45) is 0 Å². The molecule has 2 aromatic heterocycles. The molecule has 0 aliphatic carbocycles. The van der Waals surface area contributed by atoms with Gasteiger partial charge in [0.25, 0.3) is 0 Å². The number of halogens is 1. The van der Waals surface area contributed by atoms with Crippen molar-refractivity contribution in [3.05, 3.63) is 107 Å². The average Bonchev–Trinajstić information content (AvgIpc) is 3.58. The van der Waals surface area contributed by atoms with Crippen LogP contribution in [0.1, 0.15) is 34.8 Å². The zero-order chi connectivity index (χ0) is 25.4. The number of aromatic amines is 1. The van der Waals surface area contributed by atoms with E-state index in [1.54, 1.807) is 30.6 Å². The summed E-state index contributed by atoms with van der Waals surface area (Å²) in [5.74, 6) is -0.307. The maximum atomic E-state index is 11.9. The van der Waals surface area contributed by atoms with Gasteiger partial charge in [0.2, 0.25) is 0 Å². The summed E-state index contributed by atoms with van der Waals surface area (Å²) in [4.78, 5) is 21.7. The van der Waals surface area contributed by atoms with Gasteiger partial charge in [0.15, 0.2) is 0 Å². The van der Waals surface area contributed by atoms with Crippen LogP contribution in [-0.2, 0) is 0 Å². The number of carboxylic acids is 1. The van der Waals surface area contributed by atoms with Crippen molar-refractivity contribution in [3.63, 3.8) is 0 Å². The van der Waals surface area contributed by atoms with Crippen molar-refractivity contribution in [2.75, 3.05) is 11.4 Å². The molecule has 5 aromatic rings. The minimum absolute atomic E-state index is 0.0918. The molecule has 0 amide bonds. The van der Waals surface area contributed by atoms with Gasteiger partial charge in [0, 0.05) is 28.8 Å². The normalized spacial score (nSPS) is 15.3. The fourth-order valence-electron chi connectivity index (χ4n) is 5.06. The third-order valence-corrected chi connectivity index (χ3v) is 7.21. The molecule has 1 fully saturated rings. The fraction of sp³-hybridized carbons (Fsp3) is 0.133. The monoisotopic (exact) mass is 509 g/mol. The highest BCUT2D eigenvalue weighted by atomic mass is 35.5. The van der Waals surface area contributed by atoms with Gasteiger partial charge in [-0.3, -0.25) is 0 Å². The first kappa shape index (κ1) is 23.1. The molecule has 3 aromatic carbocycles. The van der Waals surface area contributed by atoms with Crippen molar-refractivity contribution >= 4 is 34.3 Å². The largest absolute Gasteiger partial charge is 0.478 e. The third-order valence-electron chi connectivity index (χ3n) is 6.86. The van der Waals surface area contributed by atoms with Crippen LogP contribution >= 0.6 is 11.6 Å². The third kappa shape index (κ3) is 4.52. The SMILES string of the molecule is O=C(O)c1ccc(-c2ccc(N3CCCC3c3ccccc3Cl)cc2)cc1Oc1cnc2[nH]ccc2c1. The van der Waals surface area contributed by atoms with Crippen LogP contribution in [-0.4, -0.2) is 27.6 Å². The second-order valence-electron chi connectivity index (χ2n) is 9.12. The molecule has 184 valence electrons. The van der Waals surface area contributed by atoms with Gasteiger partial charge < -0.3 is 19.7 Å². The maximum Gasteiger partial charge on any atom is 0.339 e. The second kappa shape index (κ2) is 9.64. The lowest BCUT2D eigenvalue weighted by Crippen LogP contribution is -2.22. The molecule has 1 unspecified atom stereocenters. The summed E-state index contributed by atoms with van der Waals surface area (Å²) < 4.78 is 6.01. The zero-order valence-corrected chi connectivity index (χ0v) is 20.7. The number of aromatic nitrogens is 2. The highest BCUT2D eigenvalue weighted by Crippen LogP contribution is 2.40. The van der Waals surface area contributed by atoms with E-state index >= 15 is 0 Å². The highest BCUT2D eigenvalue weighted by molar-refractivity contribution is 6.31. The van der Waals surface area contributed by atoms with E-state index in [0.29, 0.717) is 5.75 Å². The van der Waals surface area contributed by atoms with Crippen LogP contribution in [0.5, 0.6) is 11.5 Å². The van der Waals surface area contributed by atoms with Crippen molar-refractivity contribution in [1.82, 2.24) is 9.97 Å². The van der Waals surface area contributed by atoms with Crippen molar-refractivity contribution in [3.8, 4) is 22.6 Å². The number of ether oxygens (including phenoxy) is 1. The summed E-state index contributed by atoms with van der Waals surface area (Å²) in [6.45, 7) is 0.972. The molecule has 1 atom stereocenters. The first-order chi connectivity index (χ1) is 18.1. The molecule has 0 spiro atoms. The number of nitrogens with one attached hydrogen (secondary N) is 1. The molecule has 6 rings (SSSR count). The zero-order valence-electron chi connectivity index (χ0n) is 19.9. The molecule has 0 saturated carbocycles. The first-order valence-corrected chi connectivity index (χ1v) is 12.5. The van der Waals surface area contributed by atoms with Crippen molar-refractivity contribution in [1.29, 1.82) is 0 Å². The van der Waals surface area contributed by atoms with Crippen LogP contribution in [0.15, 0.2) is 91.3 Å². The Labute approximate surface area is 219 Å². The second-order valence-corrected chi connectivity index (χ2v) is 9.53. The van der Waals surface area contributed by atoms with Crippen LogP contribution < -0.4 is 9.64 Å². The van der Waals surface area contributed by atoms with Crippen LogP contribution in [0, 0.1) is 0 Å². The molecule has 7 heteroatoms. The Hall–Kier alpha value is -4.29. The van der Waals surface area contributed by atoms with Gasteiger partial charge in [-0.2, -0.15) is 0 Å². The number of fused-ring (bicyclic) bond motifs is 1. The molecule has 3 heterocycles. The minimum atomic E-state index is -1.05. The molecule has 6 nitrogen and oxygen atoms in total. The lowest BCUT2D eigenvalue weighted by Gasteiger charge is -2.28. The van der Waals surface area contributed by atoms with Gasteiger partial charge in [-0.1, -0.05) is 48.0 Å². The number of nitrogens with zero attached hydrogens (tertiary/aromatic N) is 2. The van der Waals surface area contributed by atoms with Gasteiger partial charge in [0.05, 0.1) is 12.2 Å². The topological polar surface area (TPSA) is 78.4 Å². The van der Waals surface area contributed by atoms with Gasteiger partial charge in [-0.05, 0) is 72.0 Å². The smallest absolute Gasteiger partial charge is 0.339 e. The van der Waals surface area contributed by atoms with E-state index in [2.05, 4.69) is 45.2 Å². The summed E-state index contributed by atoms with van der Waals surface area (Å²) in [5, 5.41) is 11.4. The van der Waals surface area contributed by atoms with E-state index in [1.165, 1.54) is 0 Å². The van der Waals surface area contributed by atoms with E-state index in [4.69, 9.17) is 16.3 Å². The Morgan fingerprint density at radius 3 is 2.65 bits per heavy atom. The first-order valence-electron chi connectivity index (χ1n) is 12.2. The molecule has 1 saturated heterocycles. The lowest BCUT2D eigenvalue weighted by atomic mass is 10.0. The Morgan fingerprint density at radius 2 is 1.84 bits per heavy atom. The van der Waals surface area contributed by atoms with Gasteiger partial charge in [-0.25, -0.2) is 9.78 Å². The number of pyridine rings is 1. The Balaban J connectivity index is 1.29. The summed E-state index contributed by atoms with van der Waals surface area (Å²) in [6.07, 6.45) is 5.55. The highest BCUT2D eigenvalue weighted by Gasteiger charge is 2.27. The summed E-state index contributed by atoms with van der Waals surface area (Å²) in [6, 6.07) is 25.5. The van der Waals surface area contributed by atoms with Crippen LogP contribution in [0.4, 0.5) is 5.69 Å². The molecule has 2 N–H and O–H groups in total. The number of hydrogen-bond donors (Lipinski definition) is 2. The van der Waals surface area contributed by atoms with E-state index in [9.17, 15) is 9.90 Å². The number of carboxylic acid groups (broad SMARTS) is 1. The summed E-state index contributed by atoms with van der Waals surface area (Å²) in [7, 11) is 0. The average molecular weight is 510 g/mol. The summed E-state index contributed by atoms with van der Waals surface area (Å²) >= 11 is 6.51. The molecule has 1 aliphatic heterocycles. The number of benzene rings is 3. The molecular weight excluding hydrogens is 486 g/mol. The number of rotatable bonds is 6. The van der Waals surface area contributed by atoms with E-state index in [0.717, 1.165) is 57.8 Å². The van der Waals surface area contributed by atoms with E-state index < -0.39 is 5.97 Å². The van der Waals surface area contributed by atoms with Crippen LogP contribution in [0.25, 0.3) is 22.2 Å². The number of H-pyrrole nitrogens is 1. The minimum Gasteiger partial charge on any atom is -0.478 e. The number of hydrogen-bond acceptors (Lipinski definition) is 4. The molecular formula is C30H24ClN3O3. The predicted octanol–water partition coefficient (Wildman–Crippen LogP) is 7.72. The van der Waals surface area contributed by atoms with E-state index in [1.807, 2.05) is 30.3 Å². The Kier molecular flexibility index (Phi) is 6.02. The van der Waals surface area contributed by atoms with Crippen molar-refractivity contribution in [2.45, 2.75) is 18.9 Å². The van der Waals surface area contributed by atoms with Crippen LogP contribution in [0.3, 0.4) is 0 Å². The van der Waals surface area contributed by atoms with Gasteiger partial charge in [-0.15, -0.1) is 0 Å². The Morgan fingerprint density at radius 1 is 1.03 bits per heavy atom. The number of anilines is 1. The summed E-state index contributed by atoms with van der Waals surface area (Å²) in [5.41, 5.74) is 4.97. The molecule has 0 bridgehead atoms. The van der Waals surface area contributed by atoms with Gasteiger partial charge >= 0.3 is 5.97 Å². The molecule has 0 radical (unpaired) electrons. The standard InChI is InChI=1S/C30H24ClN3O3/c31-26-5-2-1-4-24(26)27-6-3-15-34(27)22-10-7-19(8-11-22)20-9-12-25(30(35)36)28(17-20)37-23-16-21-13-14-32-29(21)33-18-23/h1-2,4-5,7-14,16-18,27H,3,6,15H2,(H,32,33)(H,35,36). The Bertz CT molecular complexity index is 1600. The predicted molar refractivity (Wildman–Crippen MR) is 146 cm³/mol.